The van der Waals surface area contributed by atoms with Gasteiger partial charge in [-0.25, -0.2) is 0 Å². The van der Waals surface area contributed by atoms with Crippen LogP contribution in [-0.2, 0) is 9.47 Å². The van der Waals surface area contributed by atoms with Crippen molar-refractivity contribution in [3.8, 4) is 0 Å². The van der Waals surface area contributed by atoms with E-state index in [9.17, 15) is 0 Å². The Morgan fingerprint density at radius 1 is 0.762 bits per heavy atom. The Morgan fingerprint density at radius 3 is 1.62 bits per heavy atom. The van der Waals surface area contributed by atoms with Gasteiger partial charge < -0.3 is 50.3 Å². The minimum Gasteiger partial charge on any atom is -0.394 e. The van der Waals surface area contributed by atoms with Crippen LogP contribution >= 0.6 is 0 Å². The predicted molar refractivity (Wildman–Crippen MR) is 66.7 cm³/mol. The van der Waals surface area contributed by atoms with Crippen molar-refractivity contribution < 1.29 is 50.3 Å². The van der Waals surface area contributed by atoms with Gasteiger partial charge in [0, 0.05) is 0 Å². The molecule has 2 aliphatic heterocycles. The molecule has 0 radical (unpaired) electrons. The van der Waals surface area contributed by atoms with Crippen LogP contribution in [0.15, 0.2) is 0 Å². The van der Waals surface area contributed by atoms with Gasteiger partial charge in [0.05, 0.1) is 13.2 Å². The lowest BCUT2D eigenvalue weighted by Crippen LogP contribution is -2.52. The molecule has 2 rings (SSSR count). The normalized spacial score (nSPS) is 46.3. The molecule has 8 atom stereocenters. The largest absolute Gasteiger partial charge is 0.394 e. The van der Waals surface area contributed by atoms with Crippen molar-refractivity contribution in [3.63, 3.8) is 0 Å². The SMILES string of the molecule is C.OC1OC[C@@H](O)[C@@H](O)[C@@H]1O.OC[C@H]1OC(O)[C@@H](O)[C@@H]1O. The lowest BCUT2D eigenvalue weighted by Gasteiger charge is -2.31. The average molecular weight is 316 g/mol. The van der Waals surface area contributed by atoms with Gasteiger partial charge in [0.25, 0.3) is 0 Å². The van der Waals surface area contributed by atoms with E-state index in [4.69, 9.17) is 40.9 Å². The zero-order chi connectivity index (χ0) is 15.4. The molecule has 0 aromatic rings. The molecule has 2 unspecified atom stereocenters. The van der Waals surface area contributed by atoms with Gasteiger partial charge in [-0.05, 0) is 0 Å². The molecular formula is C11H24O10. The van der Waals surface area contributed by atoms with Crippen molar-refractivity contribution in [2.75, 3.05) is 13.2 Å². The first kappa shape index (κ1) is 20.6. The summed E-state index contributed by atoms with van der Waals surface area (Å²) in [6.07, 6.45) is -9.99. The molecule has 0 aromatic heterocycles. The van der Waals surface area contributed by atoms with Gasteiger partial charge in [0.1, 0.15) is 36.6 Å². The van der Waals surface area contributed by atoms with E-state index in [1.54, 1.807) is 0 Å². The molecule has 2 fully saturated rings. The topological polar surface area (TPSA) is 180 Å². The van der Waals surface area contributed by atoms with Crippen LogP contribution in [0.1, 0.15) is 7.43 Å². The lowest BCUT2D eigenvalue weighted by molar-refractivity contribution is -0.252. The summed E-state index contributed by atoms with van der Waals surface area (Å²) >= 11 is 0. The van der Waals surface area contributed by atoms with E-state index in [1.807, 2.05) is 0 Å². The third-order valence-corrected chi connectivity index (χ3v) is 2.99. The molecule has 0 aliphatic carbocycles. The average Bonchev–Trinajstić information content (AvgIpc) is 2.68. The molecule has 2 aliphatic rings. The van der Waals surface area contributed by atoms with E-state index in [0.717, 1.165) is 0 Å². The number of ether oxygens (including phenoxy) is 2. The zero-order valence-corrected chi connectivity index (χ0v) is 10.4. The molecule has 0 amide bonds. The summed E-state index contributed by atoms with van der Waals surface area (Å²) in [4.78, 5) is 0. The lowest BCUT2D eigenvalue weighted by atomic mass is 10.1. The maximum atomic E-state index is 8.93. The fourth-order valence-electron chi connectivity index (χ4n) is 1.67. The van der Waals surface area contributed by atoms with E-state index in [2.05, 4.69) is 9.47 Å². The van der Waals surface area contributed by atoms with Gasteiger partial charge in [-0.1, -0.05) is 7.43 Å². The Morgan fingerprint density at radius 2 is 1.29 bits per heavy atom. The van der Waals surface area contributed by atoms with E-state index in [1.165, 1.54) is 0 Å². The fourth-order valence-corrected chi connectivity index (χ4v) is 1.67. The summed E-state index contributed by atoms with van der Waals surface area (Å²) < 4.78 is 9.01. The zero-order valence-electron chi connectivity index (χ0n) is 10.4. The Hall–Kier alpha value is -0.400. The highest BCUT2D eigenvalue weighted by Gasteiger charge is 2.41. The van der Waals surface area contributed by atoms with Crippen LogP contribution in [0, 0.1) is 0 Å². The minimum absolute atomic E-state index is 0. The fraction of sp³-hybridized carbons (Fsp3) is 1.00. The Labute approximate surface area is 121 Å². The summed E-state index contributed by atoms with van der Waals surface area (Å²) in [7, 11) is 0. The first-order chi connectivity index (χ1) is 9.29. The highest BCUT2D eigenvalue weighted by molar-refractivity contribution is 4.85. The molecular weight excluding hydrogens is 292 g/mol. The quantitative estimate of drug-likeness (QED) is 0.235. The minimum atomic E-state index is -1.41. The van der Waals surface area contributed by atoms with E-state index in [-0.39, 0.29) is 14.0 Å². The van der Waals surface area contributed by atoms with Crippen LogP contribution < -0.4 is 0 Å². The summed E-state index contributed by atoms with van der Waals surface area (Å²) in [5.41, 5.74) is 0. The summed E-state index contributed by atoms with van der Waals surface area (Å²) in [6, 6.07) is 0. The highest BCUT2D eigenvalue weighted by atomic mass is 16.6. The third-order valence-electron chi connectivity index (χ3n) is 2.99. The molecule has 0 bridgehead atoms. The monoisotopic (exact) mass is 316 g/mol. The van der Waals surface area contributed by atoms with Crippen molar-refractivity contribution in [1.29, 1.82) is 0 Å². The van der Waals surface area contributed by atoms with Gasteiger partial charge in [0.2, 0.25) is 0 Å². The first-order valence-electron chi connectivity index (χ1n) is 5.94. The number of hydrogen-bond donors (Lipinski definition) is 8. The molecule has 2 saturated heterocycles. The number of aliphatic hydroxyl groups excluding tert-OH is 8. The van der Waals surface area contributed by atoms with Gasteiger partial charge in [-0.15, -0.1) is 0 Å². The van der Waals surface area contributed by atoms with E-state index < -0.39 is 55.8 Å². The van der Waals surface area contributed by atoms with Crippen LogP contribution in [0.4, 0.5) is 0 Å². The summed E-state index contributed by atoms with van der Waals surface area (Å²) in [6.45, 7) is -0.561. The number of rotatable bonds is 1. The maximum Gasteiger partial charge on any atom is 0.184 e. The van der Waals surface area contributed by atoms with Crippen molar-refractivity contribution in [2.45, 2.75) is 56.6 Å². The molecule has 128 valence electrons. The molecule has 21 heavy (non-hydrogen) atoms. The molecule has 10 nitrogen and oxygen atoms in total. The Balaban J connectivity index is 0.000000364. The van der Waals surface area contributed by atoms with Crippen molar-refractivity contribution in [2.24, 2.45) is 0 Å². The Bertz CT molecular complexity index is 273. The van der Waals surface area contributed by atoms with Crippen molar-refractivity contribution >= 4 is 0 Å². The van der Waals surface area contributed by atoms with Crippen molar-refractivity contribution in [1.82, 2.24) is 0 Å². The van der Waals surface area contributed by atoms with Crippen LogP contribution in [0.3, 0.4) is 0 Å². The van der Waals surface area contributed by atoms with Crippen LogP contribution in [0.2, 0.25) is 0 Å². The van der Waals surface area contributed by atoms with E-state index in [0.29, 0.717) is 0 Å². The molecule has 8 N–H and O–H groups in total. The molecule has 0 aromatic carbocycles. The second-order valence-electron chi connectivity index (χ2n) is 4.50. The summed E-state index contributed by atoms with van der Waals surface area (Å²) in [5, 5.41) is 70.2. The Kier molecular flexibility index (Phi) is 8.73. The molecule has 0 spiro atoms. The van der Waals surface area contributed by atoms with Gasteiger partial charge >= 0.3 is 0 Å². The van der Waals surface area contributed by atoms with Gasteiger partial charge in [0.15, 0.2) is 12.6 Å². The van der Waals surface area contributed by atoms with Crippen LogP contribution in [0.25, 0.3) is 0 Å². The number of aliphatic hydroxyl groups is 8. The molecule has 2 heterocycles. The van der Waals surface area contributed by atoms with Gasteiger partial charge in [-0.2, -0.15) is 0 Å². The van der Waals surface area contributed by atoms with Crippen LogP contribution in [-0.4, -0.2) is 103 Å². The summed E-state index contributed by atoms with van der Waals surface area (Å²) in [5.74, 6) is 0. The predicted octanol–water partition coefficient (Wildman–Crippen LogP) is -4.53. The first-order valence-corrected chi connectivity index (χ1v) is 5.94. The van der Waals surface area contributed by atoms with Crippen molar-refractivity contribution in [3.05, 3.63) is 0 Å². The second-order valence-corrected chi connectivity index (χ2v) is 4.50. The molecule has 10 heteroatoms. The second kappa shape index (κ2) is 8.90. The van der Waals surface area contributed by atoms with E-state index >= 15 is 0 Å². The number of hydrogen-bond acceptors (Lipinski definition) is 10. The standard InChI is InChI=1S/2C5H10O5.CH4/c6-2-1-10-5(9)4(8)3(2)7;6-1-2-3(7)4(8)5(9)10-2;/h2*2-9H,1H2;1H4/t2*2-,3-,4+,5?;/m11./s1. The third kappa shape index (κ3) is 5.07. The maximum absolute atomic E-state index is 8.93. The highest BCUT2D eigenvalue weighted by Crippen LogP contribution is 2.18. The molecule has 0 saturated carbocycles. The van der Waals surface area contributed by atoms with Crippen LogP contribution in [0.5, 0.6) is 0 Å². The smallest absolute Gasteiger partial charge is 0.184 e. The van der Waals surface area contributed by atoms with Gasteiger partial charge in [-0.3, -0.25) is 0 Å².